The number of aryl methyl sites for hydroxylation is 3. The Bertz CT molecular complexity index is 360. The molecule has 0 heterocycles. The maximum absolute atomic E-state index is 8.73. The van der Waals surface area contributed by atoms with E-state index in [1.54, 1.807) is 0 Å². The number of nitrogens with one attached hydrogen (secondary N) is 1. The second-order valence-electron chi connectivity index (χ2n) is 4.90. The molecule has 0 spiro atoms. The fourth-order valence-electron chi connectivity index (χ4n) is 2.11. The smallest absolute Gasteiger partial charge is 0.0431 e. The minimum absolute atomic E-state index is 0.290. The Labute approximate surface area is 105 Å². The quantitative estimate of drug-likeness (QED) is 0.743. The van der Waals surface area contributed by atoms with E-state index in [2.05, 4.69) is 45.1 Å². The highest BCUT2D eigenvalue weighted by Crippen LogP contribution is 2.21. The highest BCUT2D eigenvalue weighted by atomic mass is 16.2. The van der Waals surface area contributed by atoms with Crippen LogP contribution in [-0.4, -0.2) is 18.3 Å². The Balaban J connectivity index is 2.62. The molecular weight excluding hydrogens is 210 g/mol. The number of aliphatic hydroxyl groups excluding tert-OH is 1. The lowest BCUT2D eigenvalue weighted by Crippen LogP contribution is -2.21. The van der Waals surface area contributed by atoms with Crippen LogP contribution in [0.4, 0.5) is 0 Å². The van der Waals surface area contributed by atoms with E-state index in [0.29, 0.717) is 12.6 Å². The first-order chi connectivity index (χ1) is 8.06. The van der Waals surface area contributed by atoms with Crippen molar-refractivity contribution in [2.24, 2.45) is 0 Å². The molecule has 1 rings (SSSR count). The van der Waals surface area contributed by atoms with Gasteiger partial charge in [-0.1, -0.05) is 12.1 Å². The van der Waals surface area contributed by atoms with Crippen LogP contribution in [0.3, 0.4) is 0 Å². The molecule has 96 valence electrons. The lowest BCUT2D eigenvalue weighted by Gasteiger charge is -2.18. The highest BCUT2D eigenvalue weighted by Gasteiger charge is 2.08. The minimum atomic E-state index is 0.290. The normalized spacial score (nSPS) is 12.8. The molecule has 0 bridgehead atoms. The topological polar surface area (TPSA) is 32.3 Å². The van der Waals surface area contributed by atoms with Gasteiger partial charge in [0.05, 0.1) is 0 Å². The van der Waals surface area contributed by atoms with Gasteiger partial charge in [0.15, 0.2) is 0 Å². The molecule has 1 aromatic rings. The lowest BCUT2D eigenvalue weighted by atomic mass is 9.96. The molecule has 0 aliphatic rings. The van der Waals surface area contributed by atoms with E-state index in [9.17, 15) is 0 Å². The van der Waals surface area contributed by atoms with Gasteiger partial charge in [-0.15, -0.1) is 0 Å². The predicted molar refractivity (Wildman–Crippen MR) is 73.4 cm³/mol. The van der Waals surface area contributed by atoms with Crippen molar-refractivity contribution in [1.29, 1.82) is 0 Å². The van der Waals surface area contributed by atoms with Crippen LogP contribution in [0.15, 0.2) is 12.1 Å². The number of unbranched alkanes of at least 4 members (excludes halogenated alkanes) is 1. The maximum atomic E-state index is 8.73. The summed E-state index contributed by atoms with van der Waals surface area (Å²) in [7, 11) is 0. The summed E-state index contributed by atoms with van der Waals surface area (Å²) < 4.78 is 0. The summed E-state index contributed by atoms with van der Waals surface area (Å²) in [6.07, 6.45) is 1.91. The molecule has 0 radical (unpaired) electrons. The number of hydrogen-bond donors (Lipinski definition) is 2. The van der Waals surface area contributed by atoms with E-state index in [1.165, 1.54) is 22.3 Å². The van der Waals surface area contributed by atoms with Crippen LogP contribution < -0.4 is 5.32 Å². The second kappa shape index (κ2) is 6.77. The van der Waals surface area contributed by atoms with Crippen LogP contribution >= 0.6 is 0 Å². The van der Waals surface area contributed by atoms with E-state index in [0.717, 1.165) is 19.4 Å². The van der Waals surface area contributed by atoms with Gasteiger partial charge in [-0.25, -0.2) is 0 Å². The van der Waals surface area contributed by atoms with Crippen molar-refractivity contribution in [2.45, 2.75) is 46.6 Å². The third-order valence-electron chi connectivity index (χ3n) is 3.38. The molecule has 0 aliphatic heterocycles. The highest BCUT2D eigenvalue weighted by molar-refractivity contribution is 5.37. The summed E-state index contributed by atoms with van der Waals surface area (Å²) in [6, 6.07) is 4.93. The van der Waals surface area contributed by atoms with Gasteiger partial charge in [-0.3, -0.25) is 0 Å². The first-order valence-electron chi connectivity index (χ1n) is 6.48. The third-order valence-corrected chi connectivity index (χ3v) is 3.38. The van der Waals surface area contributed by atoms with Crippen LogP contribution in [0.2, 0.25) is 0 Å². The van der Waals surface area contributed by atoms with Gasteiger partial charge < -0.3 is 10.4 Å². The summed E-state index contributed by atoms with van der Waals surface area (Å²) in [5.74, 6) is 0. The van der Waals surface area contributed by atoms with Crippen molar-refractivity contribution >= 4 is 0 Å². The molecule has 2 heteroatoms. The minimum Gasteiger partial charge on any atom is -0.396 e. The van der Waals surface area contributed by atoms with Crippen molar-refractivity contribution in [3.05, 3.63) is 34.4 Å². The molecule has 2 N–H and O–H groups in total. The van der Waals surface area contributed by atoms with E-state index < -0.39 is 0 Å². The van der Waals surface area contributed by atoms with Crippen molar-refractivity contribution in [1.82, 2.24) is 5.32 Å². The summed E-state index contributed by atoms with van der Waals surface area (Å²) in [5.41, 5.74) is 5.46. The number of hydrogen-bond acceptors (Lipinski definition) is 2. The van der Waals surface area contributed by atoms with E-state index in [1.807, 2.05) is 0 Å². The molecule has 0 saturated heterocycles. The Morgan fingerprint density at radius 1 is 1.06 bits per heavy atom. The molecule has 0 amide bonds. The zero-order valence-electron chi connectivity index (χ0n) is 11.5. The zero-order chi connectivity index (χ0) is 12.8. The summed E-state index contributed by atoms with van der Waals surface area (Å²) in [4.78, 5) is 0. The van der Waals surface area contributed by atoms with Crippen LogP contribution in [0.5, 0.6) is 0 Å². The van der Waals surface area contributed by atoms with Crippen molar-refractivity contribution in [3.8, 4) is 0 Å². The maximum Gasteiger partial charge on any atom is 0.0431 e. The van der Waals surface area contributed by atoms with Crippen LogP contribution in [0.25, 0.3) is 0 Å². The molecule has 1 aromatic carbocycles. The molecule has 1 atom stereocenters. The standard InChI is InChI=1S/C15H25NO/c1-11-9-13(3)15(10-12(11)2)14(4)16-7-5-6-8-17/h9-10,14,16-17H,5-8H2,1-4H3. The average molecular weight is 235 g/mol. The number of rotatable bonds is 6. The number of aliphatic hydroxyl groups is 1. The van der Waals surface area contributed by atoms with E-state index in [-0.39, 0.29) is 0 Å². The van der Waals surface area contributed by atoms with E-state index >= 15 is 0 Å². The predicted octanol–water partition coefficient (Wildman–Crippen LogP) is 3.03. The molecule has 0 aromatic heterocycles. The monoisotopic (exact) mass is 235 g/mol. The Morgan fingerprint density at radius 2 is 1.71 bits per heavy atom. The second-order valence-corrected chi connectivity index (χ2v) is 4.90. The summed E-state index contributed by atoms with van der Waals surface area (Å²) in [5, 5.41) is 12.2. The summed E-state index contributed by atoms with van der Waals surface area (Å²) in [6.45, 7) is 9.96. The van der Waals surface area contributed by atoms with Crippen molar-refractivity contribution < 1.29 is 5.11 Å². The fraction of sp³-hybridized carbons (Fsp3) is 0.600. The van der Waals surface area contributed by atoms with Gasteiger partial charge in [0.2, 0.25) is 0 Å². The molecule has 0 aliphatic carbocycles. The van der Waals surface area contributed by atoms with E-state index in [4.69, 9.17) is 5.11 Å². The molecule has 0 fully saturated rings. The summed E-state index contributed by atoms with van der Waals surface area (Å²) >= 11 is 0. The molecule has 0 saturated carbocycles. The largest absolute Gasteiger partial charge is 0.396 e. The third kappa shape index (κ3) is 4.14. The SMILES string of the molecule is Cc1cc(C)c(C(C)NCCCCO)cc1C. The van der Waals surface area contributed by atoms with Crippen LogP contribution in [-0.2, 0) is 0 Å². The van der Waals surface area contributed by atoms with Gasteiger partial charge in [0.1, 0.15) is 0 Å². The van der Waals surface area contributed by atoms with Gasteiger partial charge in [-0.05, 0) is 69.3 Å². The number of benzene rings is 1. The van der Waals surface area contributed by atoms with Gasteiger partial charge in [0, 0.05) is 12.6 Å². The van der Waals surface area contributed by atoms with Gasteiger partial charge in [-0.2, -0.15) is 0 Å². The van der Waals surface area contributed by atoms with Gasteiger partial charge in [0.25, 0.3) is 0 Å². The van der Waals surface area contributed by atoms with Gasteiger partial charge >= 0.3 is 0 Å². The average Bonchev–Trinajstić information content (AvgIpc) is 2.29. The van der Waals surface area contributed by atoms with Crippen molar-refractivity contribution in [2.75, 3.05) is 13.2 Å². The zero-order valence-corrected chi connectivity index (χ0v) is 11.5. The van der Waals surface area contributed by atoms with Crippen molar-refractivity contribution in [3.63, 3.8) is 0 Å². The molecule has 17 heavy (non-hydrogen) atoms. The lowest BCUT2D eigenvalue weighted by molar-refractivity contribution is 0.283. The fourth-order valence-corrected chi connectivity index (χ4v) is 2.11. The Morgan fingerprint density at radius 3 is 2.35 bits per heavy atom. The Kier molecular flexibility index (Phi) is 5.66. The molecular formula is C15H25NO. The Hall–Kier alpha value is -0.860. The van der Waals surface area contributed by atoms with Crippen LogP contribution in [0, 0.1) is 20.8 Å². The van der Waals surface area contributed by atoms with Crippen LogP contribution in [0.1, 0.15) is 48.1 Å². The first-order valence-corrected chi connectivity index (χ1v) is 6.48. The first kappa shape index (κ1) is 14.2. The molecule has 1 unspecified atom stereocenters. The molecule has 2 nitrogen and oxygen atoms in total.